The van der Waals surface area contributed by atoms with Crippen molar-refractivity contribution in [3.8, 4) is 0 Å². The predicted octanol–water partition coefficient (Wildman–Crippen LogP) is 1.30. The minimum atomic E-state index is 0.834. The van der Waals surface area contributed by atoms with Crippen LogP contribution in [0, 0.1) is 6.92 Å². The second-order valence-electron chi connectivity index (χ2n) is 4.25. The van der Waals surface area contributed by atoms with Gasteiger partial charge in [-0.1, -0.05) is 6.92 Å². The van der Waals surface area contributed by atoms with Gasteiger partial charge in [0.1, 0.15) is 0 Å². The van der Waals surface area contributed by atoms with Gasteiger partial charge in [-0.05, 0) is 13.3 Å². The van der Waals surface area contributed by atoms with E-state index in [1.165, 1.54) is 16.8 Å². The maximum absolute atomic E-state index is 4.42. The van der Waals surface area contributed by atoms with E-state index < -0.39 is 0 Å². The summed E-state index contributed by atoms with van der Waals surface area (Å²) >= 11 is 0. The lowest BCUT2D eigenvalue weighted by Gasteiger charge is -2.03. The average molecular weight is 233 g/mol. The highest BCUT2D eigenvalue weighted by molar-refractivity contribution is 5.18. The molecule has 2 aromatic heterocycles. The number of aryl methyl sites for hydroxylation is 3. The van der Waals surface area contributed by atoms with E-state index in [-0.39, 0.29) is 0 Å². The van der Waals surface area contributed by atoms with Crippen molar-refractivity contribution in [1.82, 2.24) is 25.3 Å². The van der Waals surface area contributed by atoms with Crippen molar-refractivity contribution in [2.24, 2.45) is 7.05 Å². The molecule has 0 bridgehead atoms. The number of nitrogens with zero attached hydrogens (tertiary/aromatic N) is 3. The molecule has 92 valence electrons. The van der Waals surface area contributed by atoms with Crippen molar-refractivity contribution in [2.45, 2.75) is 33.4 Å². The van der Waals surface area contributed by atoms with Crippen molar-refractivity contribution in [3.63, 3.8) is 0 Å². The second kappa shape index (κ2) is 5.14. The van der Waals surface area contributed by atoms with Gasteiger partial charge in [0, 0.05) is 43.2 Å². The largest absolute Gasteiger partial charge is 0.308 e. The van der Waals surface area contributed by atoms with Crippen LogP contribution >= 0.6 is 0 Å². The van der Waals surface area contributed by atoms with E-state index in [4.69, 9.17) is 0 Å². The Morgan fingerprint density at radius 3 is 2.76 bits per heavy atom. The molecule has 0 aliphatic carbocycles. The van der Waals surface area contributed by atoms with E-state index in [2.05, 4.69) is 33.7 Å². The summed E-state index contributed by atoms with van der Waals surface area (Å²) in [5, 5.41) is 14.8. The number of rotatable bonds is 5. The molecule has 0 spiro atoms. The monoisotopic (exact) mass is 233 g/mol. The molecule has 17 heavy (non-hydrogen) atoms. The molecule has 0 fully saturated rings. The second-order valence-corrected chi connectivity index (χ2v) is 4.25. The molecule has 0 atom stereocenters. The van der Waals surface area contributed by atoms with Crippen molar-refractivity contribution >= 4 is 0 Å². The summed E-state index contributed by atoms with van der Waals surface area (Å²) in [5.74, 6) is 0. The number of aromatic amines is 1. The fraction of sp³-hybridized carbons (Fsp3) is 0.500. The minimum absolute atomic E-state index is 0.834. The zero-order chi connectivity index (χ0) is 12.3. The topological polar surface area (TPSA) is 58.5 Å². The van der Waals surface area contributed by atoms with E-state index in [0.717, 1.165) is 25.2 Å². The van der Waals surface area contributed by atoms with Crippen molar-refractivity contribution in [1.29, 1.82) is 0 Å². The van der Waals surface area contributed by atoms with Crippen LogP contribution in [0.5, 0.6) is 0 Å². The van der Waals surface area contributed by atoms with Crippen LogP contribution < -0.4 is 5.32 Å². The Morgan fingerprint density at radius 2 is 2.12 bits per heavy atom. The molecular formula is C12H19N5. The van der Waals surface area contributed by atoms with Crippen molar-refractivity contribution in [2.75, 3.05) is 0 Å². The van der Waals surface area contributed by atoms with Gasteiger partial charge in [0.25, 0.3) is 0 Å². The van der Waals surface area contributed by atoms with Gasteiger partial charge in [-0.3, -0.25) is 9.78 Å². The molecule has 0 saturated carbocycles. The first-order valence-corrected chi connectivity index (χ1v) is 5.91. The Labute approximate surface area is 101 Å². The maximum atomic E-state index is 4.42. The Balaban J connectivity index is 1.92. The number of hydrogen-bond donors (Lipinski definition) is 2. The third-order valence-electron chi connectivity index (χ3n) is 2.89. The molecule has 5 heteroatoms. The van der Waals surface area contributed by atoms with Crippen LogP contribution in [0.2, 0.25) is 0 Å². The first kappa shape index (κ1) is 11.9. The van der Waals surface area contributed by atoms with E-state index >= 15 is 0 Å². The molecule has 2 rings (SSSR count). The fourth-order valence-corrected chi connectivity index (χ4v) is 1.91. The third-order valence-corrected chi connectivity index (χ3v) is 2.89. The highest BCUT2D eigenvalue weighted by Crippen LogP contribution is 2.08. The minimum Gasteiger partial charge on any atom is -0.308 e. The predicted molar refractivity (Wildman–Crippen MR) is 66.5 cm³/mol. The molecule has 2 heterocycles. The van der Waals surface area contributed by atoms with Gasteiger partial charge < -0.3 is 5.32 Å². The lowest BCUT2D eigenvalue weighted by atomic mass is 10.2. The standard InChI is InChI=1S/C12H19N5/c1-4-12-11(8-17(3)16-12)6-13-5-10-7-14-15-9(10)2/h7-8,13H,4-6H2,1-3H3,(H,14,15). The number of nitrogens with one attached hydrogen (secondary N) is 2. The molecule has 0 aliphatic heterocycles. The van der Waals surface area contributed by atoms with E-state index in [9.17, 15) is 0 Å². The lowest BCUT2D eigenvalue weighted by molar-refractivity contribution is 0.686. The average Bonchev–Trinajstić information content (AvgIpc) is 2.86. The summed E-state index contributed by atoms with van der Waals surface area (Å²) in [5.41, 5.74) is 4.78. The zero-order valence-corrected chi connectivity index (χ0v) is 10.6. The summed E-state index contributed by atoms with van der Waals surface area (Å²) in [7, 11) is 1.96. The quantitative estimate of drug-likeness (QED) is 0.818. The molecule has 0 aliphatic rings. The first-order chi connectivity index (χ1) is 8.20. The first-order valence-electron chi connectivity index (χ1n) is 5.91. The Morgan fingerprint density at radius 1 is 1.35 bits per heavy atom. The summed E-state index contributed by atoms with van der Waals surface area (Å²) in [6.07, 6.45) is 4.92. The number of hydrogen-bond acceptors (Lipinski definition) is 3. The van der Waals surface area contributed by atoms with E-state index in [0.29, 0.717) is 0 Å². The molecule has 2 aromatic rings. The molecule has 2 N–H and O–H groups in total. The lowest BCUT2D eigenvalue weighted by Crippen LogP contribution is -2.13. The highest BCUT2D eigenvalue weighted by Gasteiger charge is 2.05. The van der Waals surface area contributed by atoms with Gasteiger partial charge in [-0.15, -0.1) is 0 Å². The van der Waals surface area contributed by atoms with Gasteiger partial charge >= 0.3 is 0 Å². The van der Waals surface area contributed by atoms with Gasteiger partial charge in [0.2, 0.25) is 0 Å². The van der Waals surface area contributed by atoms with E-state index in [1.54, 1.807) is 0 Å². The summed E-state index contributed by atoms with van der Waals surface area (Å²) in [6.45, 7) is 5.85. The molecule has 0 saturated heterocycles. The summed E-state index contributed by atoms with van der Waals surface area (Å²) in [4.78, 5) is 0. The third kappa shape index (κ3) is 2.74. The summed E-state index contributed by atoms with van der Waals surface area (Å²) in [6, 6.07) is 0. The van der Waals surface area contributed by atoms with Crippen LogP contribution in [-0.2, 0) is 26.6 Å². The Hall–Kier alpha value is -1.62. The van der Waals surface area contributed by atoms with Gasteiger partial charge in [0.15, 0.2) is 0 Å². The Bertz CT molecular complexity index is 483. The smallest absolute Gasteiger partial charge is 0.0666 e. The molecule has 0 aromatic carbocycles. The van der Waals surface area contributed by atoms with Gasteiger partial charge in [-0.25, -0.2) is 0 Å². The van der Waals surface area contributed by atoms with Crippen LogP contribution in [-0.4, -0.2) is 20.0 Å². The molecule has 5 nitrogen and oxygen atoms in total. The number of aromatic nitrogens is 4. The molecule has 0 amide bonds. The molecular weight excluding hydrogens is 214 g/mol. The molecule has 0 radical (unpaired) electrons. The fourth-order valence-electron chi connectivity index (χ4n) is 1.91. The molecule has 0 unspecified atom stereocenters. The Kier molecular flexibility index (Phi) is 3.58. The van der Waals surface area contributed by atoms with Crippen LogP contribution in [0.3, 0.4) is 0 Å². The van der Waals surface area contributed by atoms with Crippen LogP contribution in [0.25, 0.3) is 0 Å². The van der Waals surface area contributed by atoms with Crippen molar-refractivity contribution < 1.29 is 0 Å². The number of H-pyrrole nitrogens is 1. The normalized spacial score (nSPS) is 11.0. The van der Waals surface area contributed by atoms with Gasteiger partial charge in [0.05, 0.1) is 11.9 Å². The van der Waals surface area contributed by atoms with Crippen molar-refractivity contribution in [3.05, 3.63) is 34.9 Å². The van der Waals surface area contributed by atoms with Crippen LogP contribution in [0.4, 0.5) is 0 Å². The SMILES string of the molecule is CCc1nn(C)cc1CNCc1cn[nH]c1C. The zero-order valence-electron chi connectivity index (χ0n) is 10.6. The van der Waals surface area contributed by atoms with Crippen LogP contribution in [0.15, 0.2) is 12.4 Å². The van der Waals surface area contributed by atoms with E-state index in [1.807, 2.05) is 24.9 Å². The van der Waals surface area contributed by atoms with Crippen LogP contribution in [0.1, 0.15) is 29.4 Å². The summed E-state index contributed by atoms with van der Waals surface area (Å²) < 4.78 is 1.87. The van der Waals surface area contributed by atoms with Gasteiger partial charge in [-0.2, -0.15) is 10.2 Å². The highest BCUT2D eigenvalue weighted by atomic mass is 15.3. The maximum Gasteiger partial charge on any atom is 0.0666 e.